The van der Waals surface area contributed by atoms with Crippen molar-refractivity contribution < 1.29 is 0 Å². The fourth-order valence-corrected chi connectivity index (χ4v) is 3.99. The number of aromatic amines is 1. The molecule has 1 unspecified atom stereocenters. The van der Waals surface area contributed by atoms with Crippen LogP contribution in [0, 0.1) is 0 Å². The van der Waals surface area contributed by atoms with Crippen LogP contribution < -0.4 is 16.1 Å². The topological polar surface area (TPSA) is 75.9 Å². The number of hydrogen-bond donors (Lipinski definition) is 1. The van der Waals surface area contributed by atoms with Crippen LogP contribution in [0.3, 0.4) is 0 Å². The minimum Gasteiger partial charge on any atom is -0.335 e. The minimum absolute atomic E-state index is 0.266. The van der Waals surface area contributed by atoms with E-state index in [0.717, 1.165) is 24.0 Å². The number of aryl methyl sites for hydroxylation is 1. The van der Waals surface area contributed by atoms with Crippen LogP contribution in [0.25, 0.3) is 11.2 Å². The Morgan fingerprint density at radius 2 is 2.13 bits per heavy atom. The summed E-state index contributed by atoms with van der Waals surface area (Å²) < 4.78 is 2.51. The highest BCUT2D eigenvalue weighted by atomic mass is 32.1. The van der Waals surface area contributed by atoms with Gasteiger partial charge < -0.3 is 9.88 Å². The van der Waals surface area contributed by atoms with Crippen LogP contribution in [0.5, 0.6) is 0 Å². The molecular weight excluding hydrogens is 314 g/mol. The van der Waals surface area contributed by atoms with Crippen LogP contribution in [-0.4, -0.2) is 25.6 Å². The Hall–Kier alpha value is -2.35. The van der Waals surface area contributed by atoms with Crippen LogP contribution >= 0.6 is 11.3 Å². The van der Waals surface area contributed by atoms with E-state index >= 15 is 0 Å². The summed E-state index contributed by atoms with van der Waals surface area (Å²) >= 11 is 1.68. The molecule has 0 aromatic carbocycles. The Balaban J connectivity index is 1.87. The van der Waals surface area contributed by atoms with Gasteiger partial charge in [0, 0.05) is 20.6 Å². The van der Waals surface area contributed by atoms with E-state index in [2.05, 4.69) is 31.7 Å². The number of rotatable bonds is 2. The van der Waals surface area contributed by atoms with Crippen molar-refractivity contribution in [3.8, 4) is 0 Å². The number of nitrogens with one attached hydrogen (secondary N) is 1. The SMILES string of the molecule is Cn1c(=O)c2[nH]c(N3CCCC3c3ccsc3)nc2n(C)c1=O. The predicted molar refractivity (Wildman–Crippen MR) is 90.2 cm³/mol. The van der Waals surface area contributed by atoms with Crippen molar-refractivity contribution in [2.24, 2.45) is 14.1 Å². The summed E-state index contributed by atoms with van der Waals surface area (Å²) in [5.41, 5.74) is 1.35. The Kier molecular flexibility index (Phi) is 3.15. The zero-order chi connectivity index (χ0) is 16.1. The molecule has 1 saturated heterocycles. The van der Waals surface area contributed by atoms with Gasteiger partial charge in [0.15, 0.2) is 11.2 Å². The van der Waals surface area contributed by atoms with E-state index < -0.39 is 0 Å². The lowest BCUT2D eigenvalue weighted by molar-refractivity contribution is 0.705. The first kappa shape index (κ1) is 14.3. The number of nitrogens with zero attached hydrogens (tertiary/aromatic N) is 4. The molecule has 8 heteroatoms. The summed E-state index contributed by atoms with van der Waals surface area (Å²) in [6.07, 6.45) is 2.14. The van der Waals surface area contributed by atoms with Crippen LogP contribution in [-0.2, 0) is 14.1 Å². The van der Waals surface area contributed by atoms with Crippen molar-refractivity contribution in [1.29, 1.82) is 0 Å². The molecule has 0 aliphatic carbocycles. The average Bonchev–Trinajstić information content (AvgIpc) is 3.28. The summed E-state index contributed by atoms with van der Waals surface area (Å²) in [5, 5.41) is 4.23. The molecule has 1 N–H and O–H groups in total. The monoisotopic (exact) mass is 331 g/mol. The van der Waals surface area contributed by atoms with Crippen LogP contribution in [0.4, 0.5) is 5.95 Å². The van der Waals surface area contributed by atoms with Crippen LogP contribution in [0.1, 0.15) is 24.4 Å². The highest BCUT2D eigenvalue weighted by molar-refractivity contribution is 7.08. The van der Waals surface area contributed by atoms with E-state index in [1.54, 1.807) is 18.4 Å². The first-order valence-electron chi connectivity index (χ1n) is 7.52. The van der Waals surface area contributed by atoms with Gasteiger partial charge in [0.1, 0.15) is 0 Å². The lowest BCUT2D eigenvalue weighted by atomic mass is 10.1. The maximum absolute atomic E-state index is 12.3. The fourth-order valence-electron chi connectivity index (χ4n) is 3.28. The van der Waals surface area contributed by atoms with Gasteiger partial charge in [0.05, 0.1) is 6.04 Å². The van der Waals surface area contributed by atoms with Gasteiger partial charge in [-0.1, -0.05) is 0 Å². The van der Waals surface area contributed by atoms with Gasteiger partial charge >= 0.3 is 5.69 Å². The highest BCUT2D eigenvalue weighted by Crippen LogP contribution is 2.35. The molecule has 0 amide bonds. The molecule has 7 nitrogen and oxygen atoms in total. The molecule has 1 aliphatic rings. The van der Waals surface area contributed by atoms with Crippen molar-refractivity contribution in [3.05, 3.63) is 43.2 Å². The molecule has 0 radical (unpaired) electrons. The standard InChI is InChI=1S/C15H17N5O2S/c1-18-12-11(13(21)19(2)15(18)22)16-14(17-12)20-6-3-4-10(20)9-5-7-23-8-9/h5,7-8,10H,3-4,6H2,1-2H3,(H,16,17). The molecule has 3 aromatic heterocycles. The van der Waals surface area contributed by atoms with Gasteiger partial charge in [-0.05, 0) is 35.2 Å². The zero-order valence-corrected chi connectivity index (χ0v) is 13.8. The maximum Gasteiger partial charge on any atom is 0.332 e. The van der Waals surface area contributed by atoms with E-state index in [0.29, 0.717) is 17.1 Å². The molecule has 0 bridgehead atoms. The Morgan fingerprint density at radius 3 is 2.87 bits per heavy atom. The molecule has 1 aliphatic heterocycles. The lowest BCUT2D eigenvalue weighted by Gasteiger charge is -2.23. The number of hydrogen-bond acceptors (Lipinski definition) is 5. The van der Waals surface area contributed by atoms with Crippen molar-refractivity contribution in [2.75, 3.05) is 11.4 Å². The smallest absolute Gasteiger partial charge is 0.332 e. The Bertz CT molecular complexity index is 982. The van der Waals surface area contributed by atoms with Gasteiger partial charge in [0.2, 0.25) is 5.95 Å². The molecule has 3 aromatic rings. The molecular formula is C15H17N5O2S. The van der Waals surface area contributed by atoms with Crippen molar-refractivity contribution in [2.45, 2.75) is 18.9 Å². The van der Waals surface area contributed by atoms with E-state index in [-0.39, 0.29) is 17.3 Å². The second-order valence-corrected chi connectivity index (χ2v) is 6.65. The fraction of sp³-hybridized carbons (Fsp3) is 0.400. The highest BCUT2D eigenvalue weighted by Gasteiger charge is 2.29. The maximum atomic E-state index is 12.3. The van der Waals surface area contributed by atoms with E-state index in [1.807, 2.05) is 0 Å². The van der Waals surface area contributed by atoms with Gasteiger partial charge in [-0.25, -0.2) is 4.79 Å². The molecule has 4 rings (SSSR count). The number of thiophene rings is 1. The number of imidazole rings is 1. The second-order valence-electron chi connectivity index (χ2n) is 5.87. The third kappa shape index (κ3) is 2.05. The first-order chi connectivity index (χ1) is 11.1. The van der Waals surface area contributed by atoms with E-state index in [4.69, 9.17) is 0 Å². The van der Waals surface area contributed by atoms with Crippen molar-refractivity contribution in [3.63, 3.8) is 0 Å². The largest absolute Gasteiger partial charge is 0.335 e. The molecule has 1 atom stereocenters. The predicted octanol–water partition coefficient (Wildman–Crippen LogP) is 1.36. The van der Waals surface area contributed by atoms with Crippen LogP contribution in [0.15, 0.2) is 26.4 Å². The summed E-state index contributed by atoms with van der Waals surface area (Å²) in [6.45, 7) is 0.884. The summed E-state index contributed by atoms with van der Waals surface area (Å²) in [6, 6.07) is 2.40. The van der Waals surface area contributed by atoms with Crippen molar-refractivity contribution in [1.82, 2.24) is 19.1 Å². The van der Waals surface area contributed by atoms with Gasteiger partial charge in [-0.2, -0.15) is 16.3 Å². The second kappa shape index (κ2) is 5.09. The number of aromatic nitrogens is 4. The molecule has 1 fully saturated rings. The molecule has 4 heterocycles. The Labute approximate surface area is 135 Å². The van der Waals surface area contributed by atoms with E-state index in [1.165, 1.54) is 17.2 Å². The third-order valence-electron chi connectivity index (χ3n) is 4.54. The van der Waals surface area contributed by atoms with Gasteiger partial charge in [-0.15, -0.1) is 0 Å². The van der Waals surface area contributed by atoms with Crippen LogP contribution in [0.2, 0.25) is 0 Å². The minimum atomic E-state index is -0.364. The van der Waals surface area contributed by atoms with Gasteiger partial charge in [0.25, 0.3) is 5.56 Å². The summed E-state index contributed by atoms with van der Waals surface area (Å²) in [5.74, 6) is 0.659. The quantitative estimate of drug-likeness (QED) is 0.769. The summed E-state index contributed by atoms with van der Waals surface area (Å²) in [4.78, 5) is 34.2. The lowest BCUT2D eigenvalue weighted by Crippen LogP contribution is -2.36. The number of fused-ring (bicyclic) bond motifs is 1. The number of anilines is 1. The van der Waals surface area contributed by atoms with Crippen molar-refractivity contribution >= 4 is 28.4 Å². The van der Waals surface area contributed by atoms with E-state index in [9.17, 15) is 9.59 Å². The molecule has 23 heavy (non-hydrogen) atoms. The molecule has 120 valence electrons. The Morgan fingerprint density at radius 1 is 1.30 bits per heavy atom. The third-order valence-corrected chi connectivity index (χ3v) is 5.24. The normalized spacial score (nSPS) is 18.2. The summed E-state index contributed by atoms with van der Waals surface area (Å²) in [7, 11) is 3.11. The molecule has 0 saturated carbocycles. The van der Waals surface area contributed by atoms with Gasteiger partial charge in [-0.3, -0.25) is 13.9 Å². The first-order valence-corrected chi connectivity index (χ1v) is 8.46. The average molecular weight is 331 g/mol. The molecule has 0 spiro atoms. The zero-order valence-electron chi connectivity index (χ0n) is 12.9. The number of H-pyrrole nitrogens is 1.